The van der Waals surface area contributed by atoms with Gasteiger partial charge in [0.1, 0.15) is 5.52 Å². The number of imidazole rings is 1. The van der Waals surface area contributed by atoms with Gasteiger partial charge >= 0.3 is 6.01 Å². The Bertz CT molecular complexity index is 459. The van der Waals surface area contributed by atoms with Crippen molar-refractivity contribution < 1.29 is 4.84 Å². The van der Waals surface area contributed by atoms with Crippen molar-refractivity contribution in [1.82, 2.24) is 25.4 Å². The molecule has 0 aliphatic carbocycles. The molecular weight excluding hydrogens is 194 g/mol. The van der Waals surface area contributed by atoms with Crippen LogP contribution in [0.15, 0.2) is 12.5 Å². The zero-order chi connectivity index (χ0) is 10.9. The summed E-state index contributed by atoms with van der Waals surface area (Å²) in [7, 11) is 0. The summed E-state index contributed by atoms with van der Waals surface area (Å²) in [5.41, 5.74) is 4.07. The molecule has 2 aromatic heterocycles. The molecule has 80 valence electrons. The Labute approximate surface area is 87.1 Å². The van der Waals surface area contributed by atoms with Gasteiger partial charge in [-0.2, -0.15) is 9.97 Å². The summed E-state index contributed by atoms with van der Waals surface area (Å²) in [5.74, 6) is 0. The maximum absolute atomic E-state index is 5.22. The number of nitrogens with one attached hydrogen (secondary N) is 2. The van der Waals surface area contributed by atoms with E-state index in [9.17, 15) is 0 Å². The topological polar surface area (TPSA) is 75.7 Å². The van der Waals surface area contributed by atoms with Crippen molar-refractivity contribution in [3.8, 4) is 6.01 Å². The normalized spacial score (nSPS) is 11.9. The maximum Gasteiger partial charge on any atom is 0.337 e. The molecule has 2 rings (SSSR count). The molecule has 0 saturated carbocycles. The molecule has 2 aromatic rings. The number of hydrogen-bond donors (Lipinski definition) is 2. The lowest BCUT2D eigenvalue weighted by Gasteiger charge is -2.18. The summed E-state index contributed by atoms with van der Waals surface area (Å²) in [6.45, 7) is 5.96. The second-order valence-electron chi connectivity index (χ2n) is 4.25. The van der Waals surface area contributed by atoms with Crippen molar-refractivity contribution in [3.63, 3.8) is 0 Å². The standard InChI is InChI=1S/C9H13N5O/c1-9(2,3)14-15-8-10-4-6-7(13-8)12-5-11-6/h4-5,14H,1-3H3,(H,10,11,12,13). The smallest absolute Gasteiger partial charge is 0.337 e. The Morgan fingerprint density at radius 1 is 1.33 bits per heavy atom. The van der Waals surface area contributed by atoms with E-state index in [0.29, 0.717) is 5.65 Å². The van der Waals surface area contributed by atoms with Gasteiger partial charge in [-0.3, -0.25) is 0 Å². The van der Waals surface area contributed by atoms with Gasteiger partial charge in [0.2, 0.25) is 0 Å². The molecule has 0 unspecified atom stereocenters. The molecule has 0 aliphatic rings. The monoisotopic (exact) mass is 207 g/mol. The van der Waals surface area contributed by atoms with E-state index in [-0.39, 0.29) is 11.5 Å². The van der Waals surface area contributed by atoms with E-state index in [1.54, 1.807) is 12.5 Å². The van der Waals surface area contributed by atoms with Crippen molar-refractivity contribution in [2.75, 3.05) is 0 Å². The molecule has 0 bridgehead atoms. The van der Waals surface area contributed by atoms with Gasteiger partial charge in [0.05, 0.1) is 12.5 Å². The van der Waals surface area contributed by atoms with Crippen molar-refractivity contribution in [2.24, 2.45) is 0 Å². The number of H-pyrrole nitrogens is 1. The van der Waals surface area contributed by atoms with E-state index in [2.05, 4.69) is 25.4 Å². The fourth-order valence-corrected chi connectivity index (χ4v) is 0.968. The Balaban J connectivity index is 2.15. The molecule has 0 spiro atoms. The third-order valence-corrected chi connectivity index (χ3v) is 1.60. The van der Waals surface area contributed by atoms with Gasteiger partial charge < -0.3 is 9.82 Å². The van der Waals surface area contributed by atoms with Crippen LogP contribution in [-0.4, -0.2) is 25.5 Å². The third kappa shape index (κ3) is 2.41. The van der Waals surface area contributed by atoms with Crippen LogP contribution in [0.1, 0.15) is 20.8 Å². The van der Waals surface area contributed by atoms with Gasteiger partial charge in [-0.1, -0.05) is 0 Å². The van der Waals surface area contributed by atoms with Gasteiger partial charge in [-0.25, -0.2) is 4.98 Å². The minimum atomic E-state index is -0.149. The molecule has 0 saturated heterocycles. The average molecular weight is 207 g/mol. The van der Waals surface area contributed by atoms with Gasteiger partial charge in [0.25, 0.3) is 0 Å². The van der Waals surface area contributed by atoms with E-state index in [1.807, 2.05) is 20.8 Å². The van der Waals surface area contributed by atoms with E-state index in [1.165, 1.54) is 0 Å². The highest BCUT2D eigenvalue weighted by molar-refractivity contribution is 5.68. The second-order valence-corrected chi connectivity index (χ2v) is 4.25. The van der Waals surface area contributed by atoms with E-state index >= 15 is 0 Å². The van der Waals surface area contributed by atoms with Crippen LogP contribution in [0.2, 0.25) is 0 Å². The fraction of sp³-hybridized carbons (Fsp3) is 0.444. The Kier molecular flexibility index (Phi) is 2.28. The number of fused-ring (bicyclic) bond motifs is 1. The van der Waals surface area contributed by atoms with E-state index in [4.69, 9.17) is 4.84 Å². The first-order valence-electron chi connectivity index (χ1n) is 4.65. The largest absolute Gasteiger partial charge is 0.368 e. The summed E-state index contributed by atoms with van der Waals surface area (Å²) in [4.78, 5) is 20.3. The molecule has 2 heterocycles. The van der Waals surface area contributed by atoms with Crippen LogP contribution in [0.3, 0.4) is 0 Å². The molecule has 2 N–H and O–H groups in total. The zero-order valence-corrected chi connectivity index (χ0v) is 8.90. The van der Waals surface area contributed by atoms with Crippen molar-refractivity contribution >= 4 is 11.2 Å². The highest BCUT2D eigenvalue weighted by Gasteiger charge is 2.11. The number of nitrogens with zero attached hydrogens (tertiary/aromatic N) is 3. The summed E-state index contributed by atoms with van der Waals surface area (Å²) in [6.07, 6.45) is 3.20. The first-order chi connectivity index (χ1) is 7.04. The molecule has 0 aromatic carbocycles. The molecule has 0 atom stereocenters. The molecule has 0 aliphatic heterocycles. The lowest BCUT2D eigenvalue weighted by Crippen LogP contribution is -2.38. The number of hydroxylamine groups is 1. The molecule has 6 heteroatoms. The third-order valence-electron chi connectivity index (χ3n) is 1.60. The predicted octanol–water partition coefficient (Wildman–Crippen LogP) is 1.03. The fourth-order valence-electron chi connectivity index (χ4n) is 0.968. The Hall–Kier alpha value is -1.69. The SMILES string of the molecule is CC(C)(C)NOc1ncc2[nH]cnc2n1. The Morgan fingerprint density at radius 2 is 2.13 bits per heavy atom. The summed E-state index contributed by atoms with van der Waals surface area (Å²) in [5, 5.41) is 0. The molecular formula is C9H13N5O. The van der Waals surface area contributed by atoms with Crippen molar-refractivity contribution in [1.29, 1.82) is 0 Å². The number of aromatic amines is 1. The van der Waals surface area contributed by atoms with Crippen LogP contribution in [0, 0.1) is 0 Å². The van der Waals surface area contributed by atoms with E-state index < -0.39 is 0 Å². The summed E-state index contributed by atoms with van der Waals surface area (Å²) in [6, 6.07) is 0.268. The van der Waals surface area contributed by atoms with Gasteiger partial charge in [0, 0.05) is 5.54 Å². The lowest BCUT2D eigenvalue weighted by molar-refractivity contribution is 0.107. The summed E-state index contributed by atoms with van der Waals surface area (Å²) < 4.78 is 0. The first-order valence-corrected chi connectivity index (χ1v) is 4.65. The van der Waals surface area contributed by atoms with Gasteiger partial charge in [0.15, 0.2) is 5.65 Å². The molecule has 15 heavy (non-hydrogen) atoms. The predicted molar refractivity (Wildman–Crippen MR) is 55.2 cm³/mol. The van der Waals surface area contributed by atoms with Crippen LogP contribution in [-0.2, 0) is 0 Å². The number of aromatic nitrogens is 4. The highest BCUT2D eigenvalue weighted by Crippen LogP contribution is 2.09. The van der Waals surface area contributed by atoms with Gasteiger partial charge in [-0.15, -0.1) is 5.48 Å². The minimum absolute atomic E-state index is 0.149. The first kappa shape index (κ1) is 9.85. The molecule has 0 radical (unpaired) electrons. The maximum atomic E-state index is 5.22. The number of hydrogen-bond acceptors (Lipinski definition) is 5. The highest BCUT2D eigenvalue weighted by atomic mass is 16.7. The quantitative estimate of drug-likeness (QED) is 0.719. The molecule has 0 fully saturated rings. The van der Waals surface area contributed by atoms with Crippen LogP contribution < -0.4 is 10.3 Å². The van der Waals surface area contributed by atoms with Crippen LogP contribution in [0.25, 0.3) is 11.2 Å². The average Bonchev–Trinajstić information content (AvgIpc) is 2.60. The van der Waals surface area contributed by atoms with Crippen LogP contribution in [0.5, 0.6) is 6.01 Å². The van der Waals surface area contributed by atoms with Gasteiger partial charge in [-0.05, 0) is 20.8 Å². The van der Waals surface area contributed by atoms with Crippen LogP contribution >= 0.6 is 0 Å². The minimum Gasteiger partial charge on any atom is -0.368 e. The summed E-state index contributed by atoms with van der Waals surface area (Å²) >= 11 is 0. The molecule has 6 nitrogen and oxygen atoms in total. The van der Waals surface area contributed by atoms with Crippen molar-refractivity contribution in [2.45, 2.75) is 26.3 Å². The van der Waals surface area contributed by atoms with Crippen molar-refractivity contribution in [3.05, 3.63) is 12.5 Å². The zero-order valence-electron chi connectivity index (χ0n) is 8.90. The molecule has 0 amide bonds. The van der Waals surface area contributed by atoms with Crippen LogP contribution in [0.4, 0.5) is 0 Å². The lowest BCUT2D eigenvalue weighted by atomic mass is 10.1. The number of rotatable bonds is 2. The van der Waals surface area contributed by atoms with E-state index in [0.717, 1.165) is 5.52 Å². The second kappa shape index (κ2) is 3.47. The Morgan fingerprint density at radius 3 is 2.87 bits per heavy atom.